The molecular formula is C46H60O6. The summed E-state index contributed by atoms with van der Waals surface area (Å²) in [6.07, 6.45) is 23.7. The Morgan fingerprint density at radius 1 is 0.481 bits per heavy atom. The molecule has 6 heteroatoms. The summed E-state index contributed by atoms with van der Waals surface area (Å²) in [6.45, 7) is 0.722. The summed E-state index contributed by atoms with van der Waals surface area (Å²) in [5, 5.41) is 18.3. The van der Waals surface area contributed by atoms with Crippen LogP contribution in [0, 0.1) is 35.5 Å². The zero-order chi connectivity index (χ0) is 36.6. The molecule has 2 aliphatic rings. The highest BCUT2D eigenvalue weighted by Gasteiger charge is 2.59. The van der Waals surface area contributed by atoms with Crippen molar-refractivity contribution in [3.8, 4) is 23.7 Å². The summed E-state index contributed by atoms with van der Waals surface area (Å²) in [5.41, 5.74) is 3.55. The first-order valence-corrected chi connectivity index (χ1v) is 20.0. The fourth-order valence-corrected chi connectivity index (χ4v) is 7.45. The molecule has 4 rings (SSSR count). The molecule has 2 N–H and O–H groups in total. The molecule has 6 nitrogen and oxygen atoms in total. The Balaban J connectivity index is 1.54. The minimum absolute atomic E-state index is 0.0138. The van der Waals surface area contributed by atoms with Crippen LogP contribution in [0.5, 0.6) is 0 Å². The molecule has 1 saturated carbocycles. The standard InChI is InChI=1S/C46H60O6/c47-33-19-17-23-37-25-29-39(30-26-37)41-42(40-31-27-38(28-32-40)24-18-20-34-48)44-43(41)45(49)51-35-21-15-13-11-9-7-5-3-1-2-4-6-8-10-12-14-16-22-36-52-46(44)50/h1-2,25-32,41-44,47-48H,3-16,19-22,33-36H2/b2-1-/t41-,42+,43+,44-. The van der Waals surface area contributed by atoms with Crippen LogP contribution >= 0.6 is 0 Å². The van der Waals surface area contributed by atoms with E-state index in [1.807, 2.05) is 48.5 Å². The number of fused-ring (bicyclic) bond motifs is 1. The highest BCUT2D eigenvalue weighted by molar-refractivity contribution is 5.87. The fraction of sp³-hybridized carbons (Fsp3) is 0.565. The summed E-state index contributed by atoms with van der Waals surface area (Å²) in [6, 6.07) is 15.7. The highest BCUT2D eigenvalue weighted by atomic mass is 16.5. The van der Waals surface area contributed by atoms with Gasteiger partial charge >= 0.3 is 11.9 Å². The first-order valence-electron chi connectivity index (χ1n) is 20.0. The van der Waals surface area contributed by atoms with E-state index < -0.39 is 11.8 Å². The number of carbonyl (C=O) groups excluding carboxylic acids is 2. The number of hydrogen-bond donors (Lipinski definition) is 2. The Kier molecular flexibility index (Phi) is 19.2. The van der Waals surface area contributed by atoms with Gasteiger partial charge in [0.2, 0.25) is 0 Å². The smallest absolute Gasteiger partial charge is 0.310 e. The lowest BCUT2D eigenvalue weighted by atomic mass is 9.52. The van der Waals surface area contributed by atoms with E-state index in [-0.39, 0.29) is 37.0 Å². The lowest BCUT2D eigenvalue weighted by Gasteiger charge is -2.49. The van der Waals surface area contributed by atoms with Gasteiger partial charge in [-0.2, -0.15) is 0 Å². The Hall–Kier alpha value is -3.84. The number of esters is 2. The molecule has 0 spiro atoms. The fourth-order valence-electron chi connectivity index (χ4n) is 7.45. The first-order chi connectivity index (χ1) is 25.6. The number of ether oxygens (including phenoxy) is 2. The Morgan fingerprint density at radius 2 is 0.827 bits per heavy atom. The van der Waals surface area contributed by atoms with E-state index in [1.54, 1.807) is 0 Å². The normalized spacial score (nSPS) is 23.9. The number of aliphatic hydroxyl groups is 2. The zero-order valence-electron chi connectivity index (χ0n) is 31.2. The molecule has 1 heterocycles. The van der Waals surface area contributed by atoms with Crippen LogP contribution < -0.4 is 0 Å². The van der Waals surface area contributed by atoms with Gasteiger partial charge in [0.05, 0.1) is 38.3 Å². The summed E-state index contributed by atoms with van der Waals surface area (Å²) in [7, 11) is 0. The van der Waals surface area contributed by atoms with Crippen LogP contribution in [0.2, 0.25) is 0 Å². The number of aliphatic hydroxyl groups excluding tert-OH is 2. The van der Waals surface area contributed by atoms with Gasteiger partial charge in [0.15, 0.2) is 0 Å². The number of hydrogen-bond acceptors (Lipinski definition) is 6. The van der Waals surface area contributed by atoms with E-state index in [4.69, 9.17) is 19.7 Å². The van der Waals surface area contributed by atoms with E-state index >= 15 is 0 Å². The molecule has 0 bridgehead atoms. The molecule has 1 fully saturated rings. The Morgan fingerprint density at radius 3 is 1.19 bits per heavy atom. The van der Waals surface area contributed by atoms with Crippen molar-refractivity contribution in [1.29, 1.82) is 0 Å². The van der Waals surface area contributed by atoms with Gasteiger partial charge in [0, 0.05) is 35.8 Å². The third-order valence-electron chi connectivity index (χ3n) is 10.3. The summed E-state index contributed by atoms with van der Waals surface area (Å²) in [4.78, 5) is 27.9. The van der Waals surface area contributed by atoms with Crippen molar-refractivity contribution in [2.75, 3.05) is 26.4 Å². The van der Waals surface area contributed by atoms with Gasteiger partial charge in [-0.05, 0) is 73.9 Å². The van der Waals surface area contributed by atoms with Gasteiger partial charge in [-0.1, -0.05) is 124 Å². The maximum absolute atomic E-state index is 14.0. The lowest BCUT2D eigenvalue weighted by molar-refractivity contribution is -0.172. The minimum atomic E-state index is -0.666. The van der Waals surface area contributed by atoms with Crippen molar-refractivity contribution in [1.82, 2.24) is 0 Å². The molecule has 4 atom stereocenters. The van der Waals surface area contributed by atoms with Crippen LogP contribution in [-0.4, -0.2) is 48.6 Å². The molecule has 1 aliphatic heterocycles. The van der Waals surface area contributed by atoms with Gasteiger partial charge in [0.1, 0.15) is 0 Å². The number of allylic oxidation sites excluding steroid dienone is 2. The predicted molar refractivity (Wildman–Crippen MR) is 207 cm³/mol. The minimum Gasteiger partial charge on any atom is -0.465 e. The number of cyclic esters (lactones) is 2. The molecule has 0 saturated heterocycles. The van der Waals surface area contributed by atoms with Crippen molar-refractivity contribution in [2.24, 2.45) is 11.8 Å². The molecular weight excluding hydrogens is 649 g/mol. The molecule has 280 valence electrons. The molecule has 2 aromatic rings. The quantitative estimate of drug-likeness (QED) is 0.187. The highest BCUT2D eigenvalue weighted by Crippen LogP contribution is 2.58. The number of benzene rings is 2. The van der Waals surface area contributed by atoms with Crippen molar-refractivity contribution < 1.29 is 29.3 Å². The lowest BCUT2D eigenvalue weighted by Crippen LogP contribution is -2.52. The average Bonchev–Trinajstić information content (AvgIpc) is 3.14. The maximum atomic E-state index is 14.0. The number of rotatable bonds is 4. The van der Waals surface area contributed by atoms with E-state index in [0.29, 0.717) is 26.1 Å². The second-order valence-corrected chi connectivity index (χ2v) is 14.2. The maximum Gasteiger partial charge on any atom is 0.310 e. The van der Waals surface area contributed by atoms with E-state index in [9.17, 15) is 9.59 Å². The second kappa shape index (κ2) is 24.4. The topological polar surface area (TPSA) is 93.1 Å². The van der Waals surface area contributed by atoms with E-state index in [1.165, 1.54) is 64.2 Å². The van der Waals surface area contributed by atoms with Crippen LogP contribution in [-0.2, 0) is 19.1 Å². The summed E-state index contributed by atoms with van der Waals surface area (Å²) in [5.74, 6) is 9.54. The van der Waals surface area contributed by atoms with Crippen LogP contribution in [0.25, 0.3) is 0 Å². The van der Waals surface area contributed by atoms with Gasteiger partial charge in [0.25, 0.3) is 0 Å². The van der Waals surface area contributed by atoms with Gasteiger partial charge in [-0.3, -0.25) is 9.59 Å². The third kappa shape index (κ3) is 13.6. The Bertz CT molecular complexity index is 1370. The van der Waals surface area contributed by atoms with Crippen LogP contribution in [0.15, 0.2) is 60.7 Å². The summed E-state index contributed by atoms with van der Waals surface area (Å²) < 4.78 is 11.9. The molecule has 0 radical (unpaired) electrons. The average molecular weight is 709 g/mol. The predicted octanol–water partition coefficient (Wildman–Crippen LogP) is 9.17. The molecule has 0 unspecified atom stereocenters. The van der Waals surface area contributed by atoms with Crippen LogP contribution in [0.3, 0.4) is 0 Å². The largest absolute Gasteiger partial charge is 0.465 e. The summed E-state index contributed by atoms with van der Waals surface area (Å²) >= 11 is 0. The second-order valence-electron chi connectivity index (χ2n) is 14.2. The van der Waals surface area contributed by atoms with Gasteiger partial charge in [-0.25, -0.2) is 0 Å². The van der Waals surface area contributed by atoms with E-state index in [2.05, 4.69) is 35.8 Å². The van der Waals surface area contributed by atoms with Crippen molar-refractivity contribution in [2.45, 2.75) is 127 Å². The zero-order valence-corrected chi connectivity index (χ0v) is 31.2. The molecule has 1 aliphatic carbocycles. The number of carbonyl (C=O) groups is 2. The molecule has 2 aromatic carbocycles. The monoisotopic (exact) mass is 708 g/mol. The van der Waals surface area contributed by atoms with Crippen LogP contribution in [0.1, 0.15) is 150 Å². The van der Waals surface area contributed by atoms with Crippen molar-refractivity contribution >= 4 is 11.9 Å². The van der Waals surface area contributed by atoms with E-state index in [0.717, 1.165) is 60.8 Å². The molecule has 0 amide bonds. The Labute approximate surface area is 312 Å². The van der Waals surface area contributed by atoms with Gasteiger partial charge in [-0.15, -0.1) is 0 Å². The third-order valence-corrected chi connectivity index (χ3v) is 10.3. The molecule has 52 heavy (non-hydrogen) atoms. The van der Waals surface area contributed by atoms with Crippen molar-refractivity contribution in [3.63, 3.8) is 0 Å². The van der Waals surface area contributed by atoms with Crippen LogP contribution in [0.4, 0.5) is 0 Å². The first kappa shape index (κ1) is 40.9. The van der Waals surface area contributed by atoms with Gasteiger partial charge < -0.3 is 19.7 Å². The van der Waals surface area contributed by atoms with Crippen molar-refractivity contribution in [3.05, 3.63) is 82.9 Å². The molecule has 0 aromatic heterocycles. The SMILES string of the molecule is O=C1OCCCCCCCCC/C=C\CCCCCCCCCOC(=O)[C@H]2[C@@H]1[C@H](c1ccc(C#CCCO)cc1)[C@@H]2c1ccc(C#CCCO)cc1.